The van der Waals surface area contributed by atoms with Crippen molar-refractivity contribution in [2.75, 3.05) is 0 Å². The fraction of sp³-hybridized carbons (Fsp3) is 0.538. The van der Waals surface area contributed by atoms with Gasteiger partial charge < -0.3 is 9.84 Å². The van der Waals surface area contributed by atoms with Crippen LogP contribution in [0.2, 0.25) is 0 Å². The molecule has 1 N–H and O–H groups in total. The fourth-order valence-electron chi connectivity index (χ4n) is 2.25. The summed E-state index contributed by atoms with van der Waals surface area (Å²) in [7, 11) is 0. The minimum absolute atomic E-state index is 0.362. The zero-order chi connectivity index (χ0) is 11.0. The Bertz CT molecular complexity index is 339. The van der Waals surface area contributed by atoms with E-state index in [0.717, 1.165) is 17.5 Å². The number of rotatable bonds is 3. The van der Waals surface area contributed by atoms with Gasteiger partial charge in [-0.05, 0) is 43.4 Å². The summed E-state index contributed by atoms with van der Waals surface area (Å²) in [6.07, 6.45) is 1.79. The summed E-state index contributed by atoms with van der Waals surface area (Å²) in [4.78, 5) is 0. The van der Waals surface area contributed by atoms with Gasteiger partial charge in [0.15, 0.2) is 0 Å². The average molecular weight is 206 g/mol. The Morgan fingerprint density at radius 2 is 2.13 bits per heavy atom. The van der Waals surface area contributed by atoms with Crippen LogP contribution < -0.4 is 0 Å². The first kappa shape index (κ1) is 10.5. The Balaban J connectivity index is 2.13. The van der Waals surface area contributed by atoms with E-state index in [1.54, 1.807) is 6.07 Å². The van der Waals surface area contributed by atoms with Crippen molar-refractivity contribution in [1.29, 1.82) is 0 Å². The summed E-state index contributed by atoms with van der Waals surface area (Å²) in [6, 6.07) is 5.69. The zero-order valence-electron chi connectivity index (χ0n) is 9.53. The van der Waals surface area contributed by atoms with Crippen molar-refractivity contribution < 1.29 is 9.84 Å². The predicted molar refractivity (Wildman–Crippen MR) is 60.2 cm³/mol. The van der Waals surface area contributed by atoms with Crippen LogP contribution >= 0.6 is 0 Å². The van der Waals surface area contributed by atoms with E-state index < -0.39 is 0 Å². The molecule has 1 aliphatic rings. The van der Waals surface area contributed by atoms with Crippen molar-refractivity contribution in [2.45, 2.75) is 45.3 Å². The lowest BCUT2D eigenvalue weighted by molar-refractivity contribution is 0.360. The maximum Gasteiger partial charge on any atom is 0.119 e. The monoisotopic (exact) mass is 206 g/mol. The molecule has 1 saturated heterocycles. The molecule has 0 aliphatic carbocycles. The molecule has 1 aliphatic heterocycles. The number of hydrogen-bond donors (Lipinski definition) is 1. The molecule has 3 unspecified atom stereocenters. The van der Waals surface area contributed by atoms with E-state index in [1.165, 1.54) is 0 Å². The summed E-state index contributed by atoms with van der Waals surface area (Å²) < 4.78 is 5.41. The van der Waals surface area contributed by atoms with Crippen LogP contribution in [0.3, 0.4) is 0 Å². The van der Waals surface area contributed by atoms with Crippen LogP contribution in [-0.2, 0) is 4.74 Å². The smallest absolute Gasteiger partial charge is 0.119 e. The van der Waals surface area contributed by atoms with Crippen LogP contribution in [0.15, 0.2) is 18.2 Å². The molecule has 15 heavy (non-hydrogen) atoms. The number of hydrogen-bond acceptors (Lipinski definition) is 2. The third-order valence-corrected chi connectivity index (χ3v) is 3.22. The molecule has 3 atom stereocenters. The second-order valence-corrected chi connectivity index (χ2v) is 4.52. The van der Waals surface area contributed by atoms with Gasteiger partial charge in [0, 0.05) is 0 Å². The highest BCUT2D eigenvalue weighted by atomic mass is 16.6. The minimum atomic E-state index is 0.362. The number of ether oxygens (including phenoxy) is 1. The van der Waals surface area contributed by atoms with Gasteiger partial charge in [-0.1, -0.05) is 19.1 Å². The maximum atomic E-state index is 9.82. The van der Waals surface area contributed by atoms with Crippen molar-refractivity contribution in [3.8, 4) is 5.75 Å². The second kappa shape index (κ2) is 3.86. The van der Waals surface area contributed by atoms with E-state index in [-0.39, 0.29) is 0 Å². The molecule has 1 heterocycles. The molecule has 0 amide bonds. The van der Waals surface area contributed by atoms with Crippen LogP contribution in [0.4, 0.5) is 0 Å². The van der Waals surface area contributed by atoms with Crippen molar-refractivity contribution in [2.24, 2.45) is 0 Å². The van der Waals surface area contributed by atoms with Crippen molar-refractivity contribution in [3.63, 3.8) is 0 Å². The van der Waals surface area contributed by atoms with Crippen LogP contribution in [0.1, 0.15) is 37.3 Å². The molecule has 2 rings (SSSR count). The summed E-state index contributed by atoms with van der Waals surface area (Å²) in [5, 5.41) is 9.82. The first-order valence-corrected chi connectivity index (χ1v) is 5.53. The lowest BCUT2D eigenvalue weighted by atomic mass is 9.91. The Hall–Kier alpha value is -1.02. The molecule has 82 valence electrons. The van der Waals surface area contributed by atoms with Crippen LogP contribution in [0.5, 0.6) is 5.75 Å². The fourth-order valence-corrected chi connectivity index (χ4v) is 2.25. The van der Waals surface area contributed by atoms with Gasteiger partial charge in [0.05, 0.1) is 12.2 Å². The van der Waals surface area contributed by atoms with Gasteiger partial charge in [-0.25, -0.2) is 0 Å². The maximum absolute atomic E-state index is 9.82. The first-order chi connectivity index (χ1) is 7.09. The molecule has 0 radical (unpaired) electrons. The molecule has 1 aromatic carbocycles. The number of epoxide rings is 1. The average Bonchev–Trinajstić information content (AvgIpc) is 2.81. The molecular formula is C13H18O2. The zero-order valence-corrected chi connectivity index (χ0v) is 9.53. The molecule has 2 heteroatoms. The summed E-state index contributed by atoms with van der Waals surface area (Å²) in [5.41, 5.74) is 2.23. The Labute approximate surface area is 90.9 Å². The third kappa shape index (κ3) is 2.15. The van der Waals surface area contributed by atoms with Crippen molar-refractivity contribution in [1.82, 2.24) is 0 Å². The van der Waals surface area contributed by atoms with Crippen LogP contribution in [0.25, 0.3) is 0 Å². The summed E-state index contributed by atoms with van der Waals surface area (Å²) in [6.45, 7) is 6.29. The van der Waals surface area contributed by atoms with E-state index in [4.69, 9.17) is 4.74 Å². The summed E-state index contributed by atoms with van der Waals surface area (Å²) in [5.74, 6) is 0.775. The van der Waals surface area contributed by atoms with Gasteiger partial charge in [0.25, 0.3) is 0 Å². The van der Waals surface area contributed by atoms with Gasteiger partial charge in [0.1, 0.15) is 5.75 Å². The second-order valence-electron chi connectivity index (χ2n) is 4.52. The number of aromatic hydroxyl groups is 1. The molecule has 1 aromatic rings. The van der Waals surface area contributed by atoms with Gasteiger partial charge in [-0.3, -0.25) is 0 Å². The number of aryl methyl sites for hydroxylation is 1. The highest BCUT2D eigenvalue weighted by Gasteiger charge is 2.35. The van der Waals surface area contributed by atoms with Gasteiger partial charge in [-0.2, -0.15) is 0 Å². The Kier molecular flexibility index (Phi) is 2.70. The van der Waals surface area contributed by atoms with E-state index in [2.05, 4.69) is 13.8 Å². The largest absolute Gasteiger partial charge is 0.508 e. The Morgan fingerprint density at radius 1 is 1.47 bits per heavy atom. The highest BCUT2D eigenvalue weighted by Crippen LogP contribution is 2.36. The van der Waals surface area contributed by atoms with Gasteiger partial charge in [-0.15, -0.1) is 0 Å². The minimum Gasteiger partial charge on any atom is -0.508 e. The van der Waals surface area contributed by atoms with Crippen molar-refractivity contribution in [3.05, 3.63) is 29.3 Å². The van der Waals surface area contributed by atoms with Crippen LogP contribution in [-0.4, -0.2) is 17.3 Å². The van der Waals surface area contributed by atoms with E-state index in [9.17, 15) is 5.11 Å². The van der Waals surface area contributed by atoms with Gasteiger partial charge >= 0.3 is 0 Å². The standard InChI is InChI=1S/C13H18O2/c1-8-5-4-6-11(14)13(8)9(2)7-12-10(3)15-12/h4-6,9-10,12,14H,7H2,1-3H3. The molecular weight excluding hydrogens is 188 g/mol. The summed E-state index contributed by atoms with van der Waals surface area (Å²) >= 11 is 0. The van der Waals surface area contributed by atoms with E-state index in [1.807, 2.05) is 19.1 Å². The van der Waals surface area contributed by atoms with Gasteiger partial charge in [0.2, 0.25) is 0 Å². The topological polar surface area (TPSA) is 32.8 Å². The van der Waals surface area contributed by atoms with E-state index >= 15 is 0 Å². The highest BCUT2D eigenvalue weighted by molar-refractivity contribution is 5.41. The van der Waals surface area contributed by atoms with Crippen molar-refractivity contribution >= 4 is 0 Å². The lowest BCUT2D eigenvalue weighted by Gasteiger charge is -2.15. The number of phenolic OH excluding ortho intramolecular Hbond substituents is 1. The molecule has 0 aromatic heterocycles. The lowest BCUT2D eigenvalue weighted by Crippen LogP contribution is -2.02. The molecule has 0 spiro atoms. The molecule has 0 saturated carbocycles. The Morgan fingerprint density at radius 3 is 2.67 bits per heavy atom. The first-order valence-electron chi connectivity index (χ1n) is 5.53. The SMILES string of the molecule is Cc1cccc(O)c1C(C)CC1OC1C. The number of benzene rings is 1. The molecule has 1 fully saturated rings. The normalized spacial score (nSPS) is 26.3. The predicted octanol–water partition coefficient (Wildman–Crippen LogP) is 2.98. The number of phenols is 1. The quantitative estimate of drug-likeness (QED) is 0.771. The third-order valence-electron chi connectivity index (χ3n) is 3.22. The molecule has 2 nitrogen and oxygen atoms in total. The van der Waals surface area contributed by atoms with E-state index in [0.29, 0.717) is 23.9 Å². The molecule has 0 bridgehead atoms. The van der Waals surface area contributed by atoms with Crippen LogP contribution in [0, 0.1) is 6.92 Å².